The van der Waals surface area contributed by atoms with Gasteiger partial charge in [-0.3, -0.25) is 4.79 Å². The summed E-state index contributed by atoms with van der Waals surface area (Å²) in [7, 11) is 0. The van der Waals surface area contributed by atoms with Crippen LogP contribution in [0, 0.1) is 3.57 Å². The molecular formula is C24H22Cl2IN3O3. The van der Waals surface area contributed by atoms with Crippen LogP contribution in [-0.2, 0) is 11.4 Å². The molecule has 0 aliphatic carbocycles. The molecule has 0 radical (unpaired) electrons. The first-order chi connectivity index (χ1) is 15.9. The van der Waals surface area contributed by atoms with Crippen LogP contribution in [0.2, 0.25) is 10.0 Å². The van der Waals surface area contributed by atoms with Crippen LogP contribution in [0.25, 0.3) is 0 Å². The molecule has 0 spiro atoms. The van der Waals surface area contributed by atoms with Gasteiger partial charge in [-0.1, -0.05) is 35.3 Å². The summed E-state index contributed by atoms with van der Waals surface area (Å²) in [5.41, 5.74) is 5.07. The molecule has 33 heavy (non-hydrogen) atoms. The molecule has 3 rings (SSSR count). The second-order valence-corrected chi connectivity index (χ2v) is 8.87. The fraction of sp³-hybridized carbons (Fsp3) is 0.167. The highest BCUT2D eigenvalue weighted by atomic mass is 127. The molecule has 172 valence electrons. The summed E-state index contributed by atoms with van der Waals surface area (Å²) in [6.07, 6.45) is 1.56. The van der Waals surface area contributed by atoms with E-state index >= 15 is 0 Å². The van der Waals surface area contributed by atoms with Crippen LogP contribution >= 0.6 is 45.8 Å². The smallest absolute Gasteiger partial charge is 0.259 e. The highest BCUT2D eigenvalue weighted by molar-refractivity contribution is 14.1. The molecule has 0 bridgehead atoms. The third kappa shape index (κ3) is 8.10. The Bertz CT molecular complexity index is 1110. The van der Waals surface area contributed by atoms with Crippen LogP contribution in [0.1, 0.15) is 18.1 Å². The summed E-state index contributed by atoms with van der Waals surface area (Å²) >= 11 is 14.0. The quantitative estimate of drug-likeness (QED) is 0.167. The molecule has 0 atom stereocenters. The summed E-state index contributed by atoms with van der Waals surface area (Å²) in [5.74, 6) is 0.986. The molecule has 0 unspecified atom stereocenters. The van der Waals surface area contributed by atoms with E-state index in [0.717, 1.165) is 20.4 Å². The van der Waals surface area contributed by atoms with E-state index in [1.54, 1.807) is 30.5 Å². The number of nitrogens with zero attached hydrogens (tertiary/aromatic N) is 1. The zero-order valence-electron chi connectivity index (χ0n) is 17.8. The third-order valence-corrected chi connectivity index (χ3v) is 5.63. The first-order valence-corrected chi connectivity index (χ1v) is 11.9. The van der Waals surface area contributed by atoms with Gasteiger partial charge in [0.2, 0.25) is 0 Å². The van der Waals surface area contributed by atoms with Crippen LogP contribution in [0.3, 0.4) is 0 Å². The standard InChI is InChI=1S/C24H22Cl2IN3O3/c1-2-32-22-12-17(11-21(27)24(22)33-15-16-3-5-18(25)6-4-16)13-29-30-23(31)14-28-20-9-7-19(26)8-10-20/h3-13,28H,2,14-15H2,1H3,(H,30,31)/b29-13-. The molecule has 9 heteroatoms. The molecular weight excluding hydrogens is 576 g/mol. The van der Waals surface area contributed by atoms with Crippen molar-refractivity contribution in [3.63, 3.8) is 0 Å². The molecule has 3 aromatic rings. The Morgan fingerprint density at radius 2 is 1.70 bits per heavy atom. The van der Waals surface area contributed by atoms with E-state index in [1.807, 2.05) is 43.3 Å². The largest absolute Gasteiger partial charge is 0.490 e. The van der Waals surface area contributed by atoms with Crippen molar-refractivity contribution in [2.45, 2.75) is 13.5 Å². The highest BCUT2D eigenvalue weighted by Crippen LogP contribution is 2.34. The van der Waals surface area contributed by atoms with Gasteiger partial charge in [0, 0.05) is 15.7 Å². The first kappa shape index (κ1) is 25.1. The lowest BCUT2D eigenvalue weighted by molar-refractivity contribution is -0.119. The number of hydrogen-bond donors (Lipinski definition) is 2. The van der Waals surface area contributed by atoms with Crippen molar-refractivity contribution >= 4 is 63.6 Å². The van der Waals surface area contributed by atoms with Crippen LogP contribution < -0.4 is 20.2 Å². The second-order valence-electron chi connectivity index (χ2n) is 6.83. The number of amides is 1. The first-order valence-electron chi connectivity index (χ1n) is 10.1. The van der Waals surface area contributed by atoms with Crippen molar-refractivity contribution in [1.29, 1.82) is 0 Å². The lowest BCUT2D eigenvalue weighted by Crippen LogP contribution is -2.25. The number of carbonyl (C=O) groups excluding carboxylic acids is 1. The Hall–Kier alpha value is -2.49. The number of hydrazone groups is 1. The molecule has 0 saturated heterocycles. The zero-order chi connectivity index (χ0) is 23.6. The number of carbonyl (C=O) groups is 1. The van der Waals surface area contributed by atoms with Crippen LogP contribution in [0.5, 0.6) is 11.5 Å². The van der Waals surface area contributed by atoms with Crippen molar-refractivity contribution < 1.29 is 14.3 Å². The van der Waals surface area contributed by atoms with Crippen LogP contribution in [-0.4, -0.2) is 25.3 Å². The maximum atomic E-state index is 12.0. The van der Waals surface area contributed by atoms with Gasteiger partial charge < -0.3 is 14.8 Å². The van der Waals surface area contributed by atoms with Gasteiger partial charge >= 0.3 is 0 Å². The number of halogens is 3. The van der Waals surface area contributed by atoms with E-state index in [2.05, 4.69) is 38.4 Å². The summed E-state index contributed by atoms with van der Waals surface area (Å²) in [5, 5.41) is 8.36. The van der Waals surface area contributed by atoms with Crippen LogP contribution in [0.4, 0.5) is 5.69 Å². The fourth-order valence-corrected chi connectivity index (χ4v) is 3.80. The molecule has 1 amide bonds. The predicted octanol–water partition coefficient (Wildman–Crippen LogP) is 6.14. The van der Waals surface area contributed by atoms with E-state index in [4.69, 9.17) is 32.7 Å². The Morgan fingerprint density at radius 3 is 2.36 bits per heavy atom. The minimum atomic E-state index is -0.274. The van der Waals surface area contributed by atoms with E-state index in [1.165, 1.54) is 0 Å². The van der Waals surface area contributed by atoms with Gasteiger partial charge in [-0.2, -0.15) is 5.10 Å². The maximum absolute atomic E-state index is 12.0. The normalized spacial score (nSPS) is 10.8. The summed E-state index contributed by atoms with van der Waals surface area (Å²) in [4.78, 5) is 12.0. The topological polar surface area (TPSA) is 72.0 Å². The highest BCUT2D eigenvalue weighted by Gasteiger charge is 2.12. The minimum Gasteiger partial charge on any atom is -0.490 e. The number of benzene rings is 3. The van der Waals surface area contributed by atoms with Crippen molar-refractivity contribution in [2.75, 3.05) is 18.5 Å². The Kier molecular flexibility index (Phi) is 9.65. The van der Waals surface area contributed by atoms with Crippen molar-refractivity contribution in [3.8, 4) is 11.5 Å². The Labute approximate surface area is 216 Å². The summed E-state index contributed by atoms with van der Waals surface area (Å²) < 4.78 is 12.7. The number of rotatable bonds is 10. The van der Waals surface area contributed by atoms with Crippen molar-refractivity contribution in [2.24, 2.45) is 5.10 Å². The number of anilines is 1. The fourth-order valence-electron chi connectivity index (χ4n) is 2.77. The SMILES string of the molecule is CCOc1cc(/C=N\NC(=O)CNc2ccc(Cl)cc2)cc(I)c1OCc1ccc(Cl)cc1. The number of nitrogens with one attached hydrogen (secondary N) is 2. The van der Waals surface area contributed by atoms with Gasteiger partial charge in [0.1, 0.15) is 6.61 Å². The summed E-state index contributed by atoms with van der Waals surface area (Å²) in [6.45, 7) is 2.86. The van der Waals surface area contributed by atoms with Gasteiger partial charge in [-0.15, -0.1) is 0 Å². The lowest BCUT2D eigenvalue weighted by atomic mass is 10.2. The van der Waals surface area contributed by atoms with E-state index in [9.17, 15) is 4.79 Å². The molecule has 0 heterocycles. The van der Waals surface area contributed by atoms with Crippen LogP contribution in [0.15, 0.2) is 65.8 Å². The van der Waals surface area contributed by atoms with Gasteiger partial charge in [0.25, 0.3) is 5.91 Å². The van der Waals surface area contributed by atoms with Crippen molar-refractivity contribution in [1.82, 2.24) is 5.43 Å². The number of hydrogen-bond acceptors (Lipinski definition) is 5. The average Bonchev–Trinajstić information content (AvgIpc) is 2.79. The second kappa shape index (κ2) is 12.7. The monoisotopic (exact) mass is 597 g/mol. The minimum absolute atomic E-state index is 0.0815. The molecule has 2 N–H and O–H groups in total. The molecule has 0 fully saturated rings. The third-order valence-electron chi connectivity index (χ3n) is 4.33. The predicted molar refractivity (Wildman–Crippen MR) is 142 cm³/mol. The molecule has 0 saturated carbocycles. The molecule has 3 aromatic carbocycles. The number of ether oxygens (including phenoxy) is 2. The lowest BCUT2D eigenvalue weighted by Gasteiger charge is -2.15. The molecule has 0 aromatic heterocycles. The maximum Gasteiger partial charge on any atom is 0.259 e. The van der Waals surface area contributed by atoms with Gasteiger partial charge in [0.05, 0.1) is 22.9 Å². The van der Waals surface area contributed by atoms with Gasteiger partial charge in [-0.05, 0) is 89.2 Å². The summed E-state index contributed by atoms with van der Waals surface area (Å²) in [6, 6.07) is 18.3. The Morgan fingerprint density at radius 1 is 1.03 bits per heavy atom. The van der Waals surface area contributed by atoms with Crippen molar-refractivity contribution in [3.05, 3.63) is 85.4 Å². The molecule has 0 aliphatic rings. The van der Waals surface area contributed by atoms with Gasteiger partial charge in [0.15, 0.2) is 11.5 Å². The van der Waals surface area contributed by atoms with E-state index in [0.29, 0.717) is 34.8 Å². The Balaban J connectivity index is 1.60. The average molecular weight is 598 g/mol. The zero-order valence-corrected chi connectivity index (χ0v) is 21.4. The van der Waals surface area contributed by atoms with E-state index in [-0.39, 0.29) is 12.5 Å². The van der Waals surface area contributed by atoms with E-state index < -0.39 is 0 Å². The van der Waals surface area contributed by atoms with Gasteiger partial charge in [-0.25, -0.2) is 5.43 Å². The molecule has 0 aliphatic heterocycles. The molecule has 6 nitrogen and oxygen atoms in total.